The van der Waals surface area contributed by atoms with E-state index < -0.39 is 0 Å². The summed E-state index contributed by atoms with van der Waals surface area (Å²) in [5.41, 5.74) is 0. The number of piperidine rings is 1. The van der Waals surface area contributed by atoms with Crippen molar-refractivity contribution in [2.75, 3.05) is 26.3 Å². The molecule has 1 N–H and O–H groups in total. The van der Waals surface area contributed by atoms with Gasteiger partial charge in [-0.1, -0.05) is 0 Å². The van der Waals surface area contributed by atoms with E-state index in [-0.39, 0.29) is 5.92 Å². The number of Topliss-reactive ketones (excluding diaryl/α,β-unsaturated/α-hetero) is 1. The fourth-order valence-electron chi connectivity index (χ4n) is 2.51. The lowest BCUT2D eigenvalue weighted by atomic mass is 9.89. The molecule has 2 fully saturated rings. The summed E-state index contributed by atoms with van der Waals surface area (Å²) < 4.78 is 5.24. The fourth-order valence-corrected chi connectivity index (χ4v) is 2.51. The topological polar surface area (TPSA) is 38.3 Å². The lowest BCUT2D eigenvalue weighted by Crippen LogP contribution is -2.28. The molecule has 0 amide bonds. The van der Waals surface area contributed by atoms with E-state index in [9.17, 15) is 4.79 Å². The summed E-state index contributed by atoms with van der Waals surface area (Å²) in [6, 6.07) is 0. The Morgan fingerprint density at radius 2 is 2.07 bits per heavy atom. The summed E-state index contributed by atoms with van der Waals surface area (Å²) in [4.78, 5) is 11.8. The molecular formula is C12H21NO2. The van der Waals surface area contributed by atoms with Gasteiger partial charge >= 0.3 is 0 Å². The molecule has 0 spiro atoms. The van der Waals surface area contributed by atoms with Crippen molar-refractivity contribution in [1.29, 1.82) is 0 Å². The number of ketones is 1. The first kappa shape index (κ1) is 11.1. The minimum absolute atomic E-state index is 0.215. The Hall–Kier alpha value is -0.410. The van der Waals surface area contributed by atoms with Crippen LogP contribution in [-0.4, -0.2) is 32.1 Å². The predicted molar refractivity (Wildman–Crippen MR) is 58.8 cm³/mol. The third kappa shape index (κ3) is 3.28. The number of hydrogen-bond acceptors (Lipinski definition) is 3. The molecule has 3 heteroatoms. The van der Waals surface area contributed by atoms with Crippen LogP contribution in [-0.2, 0) is 9.53 Å². The molecule has 1 atom stereocenters. The van der Waals surface area contributed by atoms with Crippen molar-refractivity contribution in [3.8, 4) is 0 Å². The summed E-state index contributed by atoms with van der Waals surface area (Å²) in [5, 5.41) is 3.35. The van der Waals surface area contributed by atoms with E-state index in [4.69, 9.17) is 4.74 Å². The quantitative estimate of drug-likeness (QED) is 0.763. The first-order valence-electron chi connectivity index (χ1n) is 6.17. The highest BCUT2D eigenvalue weighted by atomic mass is 16.5. The standard InChI is InChI=1S/C12H21NO2/c14-12(11-5-8-15-9-11)2-1-10-3-6-13-7-4-10/h10-11,13H,1-9H2. The van der Waals surface area contributed by atoms with Gasteiger partial charge in [0.25, 0.3) is 0 Å². The first-order valence-corrected chi connectivity index (χ1v) is 6.17. The minimum Gasteiger partial charge on any atom is -0.381 e. The SMILES string of the molecule is O=C(CCC1CCNCC1)C1CCOC1. The first-order chi connectivity index (χ1) is 7.36. The van der Waals surface area contributed by atoms with Gasteiger partial charge in [0.15, 0.2) is 0 Å². The van der Waals surface area contributed by atoms with E-state index in [0.29, 0.717) is 12.4 Å². The molecule has 0 radical (unpaired) electrons. The molecule has 0 aliphatic carbocycles. The molecule has 0 aromatic rings. The predicted octanol–water partition coefficient (Wildman–Crippen LogP) is 1.37. The second kappa shape index (κ2) is 5.61. The van der Waals surface area contributed by atoms with Crippen LogP contribution in [0.3, 0.4) is 0 Å². The Balaban J connectivity index is 1.65. The van der Waals surface area contributed by atoms with Crippen LogP contribution in [0.4, 0.5) is 0 Å². The van der Waals surface area contributed by atoms with Crippen LogP contribution in [0.25, 0.3) is 0 Å². The lowest BCUT2D eigenvalue weighted by Gasteiger charge is -2.22. The van der Waals surface area contributed by atoms with Gasteiger partial charge in [-0.2, -0.15) is 0 Å². The van der Waals surface area contributed by atoms with Crippen molar-refractivity contribution >= 4 is 5.78 Å². The van der Waals surface area contributed by atoms with Gasteiger partial charge < -0.3 is 10.1 Å². The van der Waals surface area contributed by atoms with Crippen molar-refractivity contribution in [2.24, 2.45) is 11.8 Å². The third-order valence-electron chi connectivity index (χ3n) is 3.64. The van der Waals surface area contributed by atoms with Crippen molar-refractivity contribution < 1.29 is 9.53 Å². The summed E-state index contributed by atoms with van der Waals surface area (Å²) >= 11 is 0. The molecule has 0 saturated carbocycles. The average Bonchev–Trinajstić information content (AvgIpc) is 2.81. The van der Waals surface area contributed by atoms with Gasteiger partial charge in [-0.3, -0.25) is 4.79 Å². The average molecular weight is 211 g/mol. The maximum atomic E-state index is 11.8. The Bertz CT molecular complexity index is 206. The normalized spacial score (nSPS) is 28.1. The molecule has 0 aromatic carbocycles. The van der Waals surface area contributed by atoms with E-state index in [1.54, 1.807) is 0 Å². The Morgan fingerprint density at radius 3 is 2.73 bits per heavy atom. The third-order valence-corrected chi connectivity index (χ3v) is 3.64. The number of carbonyl (C=O) groups excluding carboxylic acids is 1. The zero-order valence-corrected chi connectivity index (χ0v) is 9.34. The van der Waals surface area contributed by atoms with E-state index in [1.165, 1.54) is 12.8 Å². The monoisotopic (exact) mass is 211 g/mol. The van der Waals surface area contributed by atoms with Gasteiger partial charge in [-0.25, -0.2) is 0 Å². The molecule has 2 saturated heterocycles. The number of rotatable bonds is 4. The van der Waals surface area contributed by atoms with Crippen LogP contribution < -0.4 is 5.32 Å². The van der Waals surface area contributed by atoms with Crippen LogP contribution in [0.5, 0.6) is 0 Å². The zero-order chi connectivity index (χ0) is 10.5. The maximum absolute atomic E-state index is 11.8. The number of hydrogen-bond donors (Lipinski definition) is 1. The largest absolute Gasteiger partial charge is 0.381 e. The molecule has 2 aliphatic rings. The van der Waals surface area contributed by atoms with Crippen LogP contribution in [0.2, 0.25) is 0 Å². The van der Waals surface area contributed by atoms with E-state index in [0.717, 1.165) is 44.9 Å². The van der Waals surface area contributed by atoms with Crippen molar-refractivity contribution in [3.63, 3.8) is 0 Å². The summed E-state index contributed by atoms with van der Waals surface area (Å²) in [7, 11) is 0. The lowest BCUT2D eigenvalue weighted by molar-refractivity contribution is -0.123. The number of carbonyl (C=O) groups is 1. The van der Waals surface area contributed by atoms with Crippen molar-refractivity contribution in [2.45, 2.75) is 32.1 Å². The second-order valence-electron chi connectivity index (χ2n) is 4.76. The molecule has 1 unspecified atom stereocenters. The van der Waals surface area contributed by atoms with Crippen LogP contribution >= 0.6 is 0 Å². The summed E-state index contributed by atoms with van der Waals surface area (Å²) in [6.07, 6.45) is 5.31. The van der Waals surface area contributed by atoms with Gasteiger partial charge in [-0.05, 0) is 44.7 Å². The van der Waals surface area contributed by atoms with Crippen LogP contribution in [0.15, 0.2) is 0 Å². The van der Waals surface area contributed by atoms with E-state index in [2.05, 4.69) is 5.32 Å². The number of nitrogens with one attached hydrogen (secondary N) is 1. The van der Waals surface area contributed by atoms with Crippen LogP contribution in [0.1, 0.15) is 32.1 Å². The Morgan fingerprint density at radius 1 is 1.27 bits per heavy atom. The highest BCUT2D eigenvalue weighted by molar-refractivity contribution is 5.81. The second-order valence-corrected chi connectivity index (χ2v) is 4.76. The Kier molecular flexibility index (Phi) is 4.15. The molecule has 0 bridgehead atoms. The molecule has 2 aliphatic heterocycles. The fraction of sp³-hybridized carbons (Fsp3) is 0.917. The molecule has 2 heterocycles. The van der Waals surface area contributed by atoms with E-state index >= 15 is 0 Å². The maximum Gasteiger partial charge on any atom is 0.138 e. The molecule has 3 nitrogen and oxygen atoms in total. The molecular weight excluding hydrogens is 190 g/mol. The van der Waals surface area contributed by atoms with Crippen molar-refractivity contribution in [3.05, 3.63) is 0 Å². The molecule has 86 valence electrons. The molecule has 0 aromatic heterocycles. The van der Waals surface area contributed by atoms with Gasteiger partial charge in [0, 0.05) is 18.9 Å². The highest BCUT2D eigenvalue weighted by Gasteiger charge is 2.24. The van der Waals surface area contributed by atoms with Gasteiger partial charge in [0.1, 0.15) is 5.78 Å². The summed E-state index contributed by atoms with van der Waals surface area (Å²) in [5.74, 6) is 1.43. The smallest absolute Gasteiger partial charge is 0.138 e. The summed E-state index contributed by atoms with van der Waals surface area (Å²) in [6.45, 7) is 3.71. The van der Waals surface area contributed by atoms with Crippen LogP contribution in [0, 0.1) is 11.8 Å². The molecule has 2 rings (SSSR count). The number of ether oxygens (including phenoxy) is 1. The van der Waals surface area contributed by atoms with Gasteiger partial charge in [0.05, 0.1) is 6.61 Å². The highest BCUT2D eigenvalue weighted by Crippen LogP contribution is 2.21. The van der Waals surface area contributed by atoms with E-state index in [1.807, 2.05) is 0 Å². The van der Waals surface area contributed by atoms with Crippen molar-refractivity contribution in [1.82, 2.24) is 5.32 Å². The Labute approximate surface area is 91.6 Å². The molecule has 15 heavy (non-hydrogen) atoms. The van der Waals surface area contributed by atoms with Gasteiger partial charge in [-0.15, -0.1) is 0 Å². The van der Waals surface area contributed by atoms with Gasteiger partial charge in [0.2, 0.25) is 0 Å². The zero-order valence-electron chi connectivity index (χ0n) is 9.34. The minimum atomic E-state index is 0.215.